The van der Waals surface area contributed by atoms with Gasteiger partial charge in [0, 0.05) is 26.2 Å². The summed E-state index contributed by atoms with van der Waals surface area (Å²) in [5.41, 5.74) is -0.458. The van der Waals surface area contributed by atoms with Crippen molar-refractivity contribution in [1.82, 2.24) is 24.0 Å². The van der Waals surface area contributed by atoms with E-state index in [4.69, 9.17) is 4.74 Å². The van der Waals surface area contributed by atoms with Gasteiger partial charge >= 0.3 is 0 Å². The molecule has 1 amide bonds. The van der Waals surface area contributed by atoms with Gasteiger partial charge in [0.1, 0.15) is 6.61 Å². The van der Waals surface area contributed by atoms with Gasteiger partial charge in [-0.05, 0) is 31.6 Å². The fourth-order valence-corrected chi connectivity index (χ4v) is 5.21. The topological polar surface area (TPSA) is 97.6 Å². The predicted molar refractivity (Wildman–Crippen MR) is 97.5 cm³/mol. The fourth-order valence-electron chi connectivity index (χ4n) is 4.36. The van der Waals surface area contributed by atoms with Gasteiger partial charge in [-0.25, -0.2) is 12.7 Å². The van der Waals surface area contributed by atoms with Crippen LogP contribution >= 0.6 is 0 Å². The van der Waals surface area contributed by atoms with Crippen molar-refractivity contribution in [3.05, 3.63) is 11.6 Å². The molecule has 0 bridgehead atoms. The number of carbonyl (C=O) groups excluding carboxylic acids is 1. The fraction of sp³-hybridized carbons (Fsp3) is 0.824. The Balaban J connectivity index is 1.52. The van der Waals surface area contributed by atoms with Crippen LogP contribution in [0.2, 0.25) is 0 Å². The number of nitrogens with zero attached hydrogens (tertiary/aromatic N) is 5. The number of sulfonamides is 1. The van der Waals surface area contributed by atoms with Crippen molar-refractivity contribution >= 4 is 15.9 Å². The molecular formula is C17H27N5O4S. The molecule has 150 valence electrons. The molecule has 4 heterocycles. The molecule has 0 radical (unpaired) electrons. The Labute approximate surface area is 159 Å². The van der Waals surface area contributed by atoms with Crippen LogP contribution in [0.5, 0.6) is 0 Å². The zero-order valence-corrected chi connectivity index (χ0v) is 16.7. The van der Waals surface area contributed by atoms with Crippen LogP contribution < -0.4 is 0 Å². The predicted octanol–water partition coefficient (Wildman–Crippen LogP) is 0.475. The average Bonchev–Trinajstić information content (AvgIpc) is 3.03. The van der Waals surface area contributed by atoms with E-state index < -0.39 is 15.6 Å². The van der Waals surface area contributed by atoms with Gasteiger partial charge < -0.3 is 14.2 Å². The van der Waals surface area contributed by atoms with Gasteiger partial charge in [0.15, 0.2) is 5.82 Å². The molecule has 1 atom stereocenters. The summed E-state index contributed by atoms with van der Waals surface area (Å²) in [6.07, 6.45) is 4.61. The second-order valence-electron chi connectivity index (χ2n) is 8.16. The van der Waals surface area contributed by atoms with E-state index in [0.717, 1.165) is 25.9 Å². The van der Waals surface area contributed by atoms with E-state index in [1.807, 2.05) is 9.47 Å². The maximum absolute atomic E-state index is 13.0. The molecule has 0 unspecified atom stereocenters. The normalized spacial score (nSPS) is 26.1. The summed E-state index contributed by atoms with van der Waals surface area (Å²) in [5, 5.41) is 8.32. The number of rotatable bonds is 2. The van der Waals surface area contributed by atoms with Crippen LogP contribution in [0.4, 0.5) is 0 Å². The third kappa shape index (κ3) is 3.62. The molecule has 27 heavy (non-hydrogen) atoms. The molecule has 0 saturated carbocycles. The molecule has 3 aliphatic heterocycles. The van der Waals surface area contributed by atoms with Crippen molar-refractivity contribution < 1.29 is 17.9 Å². The van der Waals surface area contributed by atoms with E-state index in [1.165, 1.54) is 10.6 Å². The standard InChI is InChI=1S/C17H27N5O4S/c1-13-4-3-7-20(10-13)16(23)15-19-18-14-11-26-17(12-22(14)15)5-8-21(9-6-17)27(2,24)25/h13H,3-12H2,1-2H3/t13-/m0/s1. The van der Waals surface area contributed by atoms with Gasteiger partial charge in [-0.2, -0.15) is 0 Å². The van der Waals surface area contributed by atoms with Crippen LogP contribution in [0.15, 0.2) is 0 Å². The third-order valence-corrected chi connectivity index (χ3v) is 7.32. The SMILES string of the molecule is C[C@H]1CCCN(C(=O)c2nnc3n2CC2(CCN(S(C)(=O)=O)CC2)OC3)C1. The molecule has 1 aromatic rings. The molecule has 9 nitrogen and oxygen atoms in total. The monoisotopic (exact) mass is 397 g/mol. The van der Waals surface area contributed by atoms with Crippen molar-refractivity contribution in [2.24, 2.45) is 5.92 Å². The minimum Gasteiger partial charge on any atom is -0.365 e. The van der Waals surface area contributed by atoms with Crippen molar-refractivity contribution in [1.29, 1.82) is 0 Å². The van der Waals surface area contributed by atoms with E-state index in [0.29, 0.717) is 56.6 Å². The Morgan fingerprint density at radius 3 is 2.63 bits per heavy atom. The minimum absolute atomic E-state index is 0.0640. The molecule has 4 rings (SSSR count). The summed E-state index contributed by atoms with van der Waals surface area (Å²) < 4.78 is 33.0. The highest BCUT2D eigenvalue weighted by Crippen LogP contribution is 2.34. The summed E-state index contributed by atoms with van der Waals surface area (Å²) in [6, 6.07) is 0. The lowest BCUT2D eigenvalue weighted by Gasteiger charge is -2.43. The first kappa shape index (κ1) is 18.8. The van der Waals surface area contributed by atoms with Gasteiger partial charge in [-0.1, -0.05) is 6.92 Å². The first-order chi connectivity index (χ1) is 12.8. The van der Waals surface area contributed by atoms with Crippen molar-refractivity contribution in [3.63, 3.8) is 0 Å². The average molecular weight is 398 g/mol. The highest BCUT2D eigenvalue weighted by atomic mass is 32.2. The number of ether oxygens (including phenoxy) is 1. The van der Waals surface area contributed by atoms with Crippen molar-refractivity contribution in [2.45, 2.75) is 51.4 Å². The van der Waals surface area contributed by atoms with Gasteiger partial charge in [-0.3, -0.25) is 4.79 Å². The van der Waals surface area contributed by atoms with E-state index in [2.05, 4.69) is 17.1 Å². The molecular weight excluding hydrogens is 370 g/mol. The number of likely N-dealkylation sites (tertiary alicyclic amines) is 1. The Kier molecular flexibility index (Phi) is 4.76. The van der Waals surface area contributed by atoms with Gasteiger partial charge in [0.05, 0.1) is 18.4 Å². The number of aromatic nitrogens is 3. The van der Waals surface area contributed by atoms with Gasteiger partial charge in [0.25, 0.3) is 5.91 Å². The summed E-state index contributed by atoms with van der Waals surface area (Å²) in [5.74, 6) is 1.49. The van der Waals surface area contributed by atoms with Crippen LogP contribution in [0.1, 0.15) is 49.1 Å². The van der Waals surface area contributed by atoms with Crippen LogP contribution in [0, 0.1) is 5.92 Å². The molecule has 1 spiro atoms. The smallest absolute Gasteiger partial charge is 0.291 e. The summed E-state index contributed by atoms with van der Waals surface area (Å²) in [7, 11) is -3.19. The number of piperidine rings is 2. The van der Waals surface area contributed by atoms with E-state index in [-0.39, 0.29) is 5.91 Å². The second-order valence-corrected chi connectivity index (χ2v) is 10.1. The van der Waals surface area contributed by atoms with Gasteiger partial charge in [0.2, 0.25) is 15.8 Å². The van der Waals surface area contributed by atoms with Gasteiger partial charge in [-0.15, -0.1) is 10.2 Å². The molecule has 2 saturated heterocycles. The Morgan fingerprint density at radius 1 is 1.22 bits per heavy atom. The molecule has 0 N–H and O–H groups in total. The molecule has 3 aliphatic rings. The minimum atomic E-state index is -3.19. The third-order valence-electron chi connectivity index (χ3n) is 6.02. The van der Waals surface area contributed by atoms with Crippen molar-refractivity contribution in [3.8, 4) is 0 Å². The molecule has 2 fully saturated rings. The lowest BCUT2D eigenvalue weighted by atomic mass is 9.91. The van der Waals surface area contributed by atoms with E-state index in [1.54, 1.807) is 0 Å². The zero-order valence-electron chi connectivity index (χ0n) is 15.9. The van der Waals surface area contributed by atoms with Crippen LogP contribution in [0.25, 0.3) is 0 Å². The Morgan fingerprint density at radius 2 is 1.96 bits per heavy atom. The maximum atomic E-state index is 13.0. The Bertz CT molecular complexity index is 828. The number of fused-ring (bicyclic) bond motifs is 1. The van der Waals surface area contributed by atoms with Crippen molar-refractivity contribution in [2.75, 3.05) is 32.4 Å². The number of amides is 1. The second kappa shape index (κ2) is 6.82. The zero-order chi connectivity index (χ0) is 19.2. The number of carbonyl (C=O) groups is 1. The summed E-state index contributed by atoms with van der Waals surface area (Å²) in [6.45, 7) is 5.35. The largest absolute Gasteiger partial charge is 0.365 e. The lowest BCUT2D eigenvalue weighted by Crippen LogP contribution is -2.52. The highest BCUT2D eigenvalue weighted by Gasteiger charge is 2.43. The Hall–Kier alpha value is -1.52. The van der Waals surface area contributed by atoms with Crippen LogP contribution in [-0.4, -0.2) is 76.3 Å². The summed E-state index contributed by atoms with van der Waals surface area (Å²) in [4.78, 5) is 14.9. The number of hydrogen-bond acceptors (Lipinski definition) is 6. The maximum Gasteiger partial charge on any atom is 0.291 e. The molecule has 1 aromatic heterocycles. The first-order valence-electron chi connectivity index (χ1n) is 9.58. The summed E-state index contributed by atoms with van der Waals surface area (Å²) >= 11 is 0. The van der Waals surface area contributed by atoms with E-state index in [9.17, 15) is 13.2 Å². The highest BCUT2D eigenvalue weighted by molar-refractivity contribution is 7.88. The molecule has 0 aliphatic carbocycles. The van der Waals surface area contributed by atoms with Crippen LogP contribution in [-0.2, 0) is 27.9 Å². The molecule has 0 aromatic carbocycles. The quantitative estimate of drug-likeness (QED) is 0.720. The molecule has 10 heteroatoms. The van der Waals surface area contributed by atoms with Crippen LogP contribution in [0.3, 0.4) is 0 Å². The van der Waals surface area contributed by atoms with E-state index >= 15 is 0 Å². The lowest BCUT2D eigenvalue weighted by molar-refractivity contribution is -0.115. The number of hydrogen-bond donors (Lipinski definition) is 0. The first-order valence-corrected chi connectivity index (χ1v) is 11.4.